The molecule has 0 aromatic heterocycles. The van der Waals surface area contributed by atoms with Gasteiger partial charge in [0.05, 0.1) is 11.3 Å². The van der Waals surface area contributed by atoms with Gasteiger partial charge < -0.3 is 10.1 Å². The van der Waals surface area contributed by atoms with Gasteiger partial charge in [-0.2, -0.15) is 0 Å². The van der Waals surface area contributed by atoms with E-state index in [0.717, 1.165) is 10.0 Å². The Bertz CT molecular complexity index is 1050. The highest BCUT2D eigenvalue weighted by Gasteiger charge is 2.23. The molecule has 6 heteroatoms. The van der Waals surface area contributed by atoms with Gasteiger partial charge in [-0.05, 0) is 71.2 Å². The second-order valence-electron chi connectivity index (χ2n) is 6.24. The molecular weight excluding hydrogens is 486 g/mol. The smallest absolute Gasteiger partial charge is 0.345 e. The normalized spacial score (nSPS) is 10.4. The zero-order valence-electron chi connectivity index (χ0n) is 15.3. The van der Waals surface area contributed by atoms with Gasteiger partial charge in [-0.25, -0.2) is 4.79 Å². The van der Waals surface area contributed by atoms with Crippen molar-refractivity contribution in [2.45, 2.75) is 13.8 Å². The first-order chi connectivity index (χ1) is 13.4. The largest absolute Gasteiger partial charge is 0.423 e. The van der Waals surface area contributed by atoms with E-state index in [1.807, 2.05) is 32.0 Å². The number of ether oxygens (including phenoxy) is 1. The molecule has 3 aromatic carbocycles. The summed E-state index contributed by atoms with van der Waals surface area (Å²) in [7, 11) is 0. The Morgan fingerprint density at radius 1 is 0.893 bits per heavy atom. The molecule has 3 rings (SSSR count). The van der Waals surface area contributed by atoms with Gasteiger partial charge in [0.1, 0.15) is 5.75 Å². The minimum absolute atomic E-state index is 0.310. The number of aryl methyl sites for hydroxylation is 2. The number of halogens is 2. The highest BCUT2D eigenvalue weighted by molar-refractivity contribution is 9.11. The van der Waals surface area contributed by atoms with Crippen LogP contribution in [0.1, 0.15) is 31.8 Å². The van der Waals surface area contributed by atoms with Crippen LogP contribution < -0.4 is 10.1 Å². The summed E-state index contributed by atoms with van der Waals surface area (Å²) in [4.78, 5) is 25.7. The molecule has 0 bridgehead atoms. The predicted octanol–water partition coefficient (Wildman–Crippen LogP) is 6.30. The van der Waals surface area contributed by atoms with E-state index in [4.69, 9.17) is 4.74 Å². The lowest BCUT2D eigenvalue weighted by molar-refractivity contribution is 0.0735. The number of esters is 1. The second kappa shape index (κ2) is 8.71. The number of rotatable bonds is 4. The molecule has 3 aromatic rings. The molecule has 0 aliphatic rings. The summed E-state index contributed by atoms with van der Waals surface area (Å²) in [6, 6.07) is 17.7. The highest BCUT2D eigenvalue weighted by Crippen LogP contribution is 2.34. The number of hydrogen-bond donors (Lipinski definition) is 1. The van der Waals surface area contributed by atoms with E-state index < -0.39 is 5.97 Å². The quantitative estimate of drug-likeness (QED) is 0.336. The zero-order valence-corrected chi connectivity index (χ0v) is 18.4. The van der Waals surface area contributed by atoms with Crippen LogP contribution in [-0.4, -0.2) is 11.9 Å². The fourth-order valence-corrected chi connectivity index (χ4v) is 3.62. The van der Waals surface area contributed by atoms with Crippen LogP contribution in [0.2, 0.25) is 0 Å². The van der Waals surface area contributed by atoms with Crippen LogP contribution >= 0.6 is 31.9 Å². The summed E-state index contributed by atoms with van der Waals surface area (Å²) in [5.41, 5.74) is 2.79. The van der Waals surface area contributed by atoms with Gasteiger partial charge in [0.25, 0.3) is 5.91 Å². The maximum Gasteiger partial charge on any atom is 0.345 e. The number of carbonyl (C=O) groups is 2. The molecule has 0 fully saturated rings. The van der Waals surface area contributed by atoms with Crippen molar-refractivity contribution in [2.24, 2.45) is 0 Å². The Morgan fingerprint density at radius 3 is 2.29 bits per heavy atom. The molecule has 0 unspecified atom stereocenters. The van der Waals surface area contributed by atoms with E-state index in [-0.39, 0.29) is 5.91 Å². The maximum absolute atomic E-state index is 12.9. The first kappa shape index (κ1) is 20.3. The van der Waals surface area contributed by atoms with E-state index >= 15 is 0 Å². The van der Waals surface area contributed by atoms with Crippen LogP contribution in [0.3, 0.4) is 0 Å². The van der Waals surface area contributed by atoms with Crippen LogP contribution in [0.5, 0.6) is 5.75 Å². The molecule has 28 heavy (non-hydrogen) atoms. The van der Waals surface area contributed by atoms with Crippen LogP contribution in [0, 0.1) is 13.8 Å². The van der Waals surface area contributed by atoms with Gasteiger partial charge in [0, 0.05) is 14.5 Å². The molecule has 0 heterocycles. The standard InChI is InChI=1S/C22H17Br2NO3/c1-13-11-14(2)19(24)20(25-21(26)15-7-6-8-16(23)12-15)18(13)22(27)28-17-9-4-3-5-10-17/h3-12H,1-2H3,(H,25,26). The Morgan fingerprint density at radius 2 is 1.61 bits per heavy atom. The number of carbonyl (C=O) groups excluding carboxylic acids is 2. The Kier molecular flexibility index (Phi) is 6.31. The van der Waals surface area contributed by atoms with Gasteiger partial charge in [-0.15, -0.1) is 0 Å². The summed E-state index contributed by atoms with van der Waals surface area (Å²) in [6.07, 6.45) is 0. The first-order valence-corrected chi connectivity index (χ1v) is 10.1. The maximum atomic E-state index is 12.9. The highest BCUT2D eigenvalue weighted by atomic mass is 79.9. The van der Waals surface area contributed by atoms with Crippen molar-refractivity contribution in [3.05, 3.63) is 91.9 Å². The number of nitrogens with one attached hydrogen (secondary N) is 1. The lowest BCUT2D eigenvalue weighted by Gasteiger charge is -2.17. The molecule has 4 nitrogen and oxygen atoms in total. The van der Waals surface area contributed by atoms with Gasteiger partial charge >= 0.3 is 5.97 Å². The Labute approximate surface area is 180 Å². The topological polar surface area (TPSA) is 55.4 Å². The van der Waals surface area contributed by atoms with Crippen molar-refractivity contribution in [2.75, 3.05) is 5.32 Å². The summed E-state index contributed by atoms with van der Waals surface area (Å²) in [5, 5.41) is 2.86. The third-order valence-electron chi connectivity index (χ3n) is 4.13. The molecule has 0 spiro atoms. The number of anilines is 1. The molecule has 0 saturated carbocycles. The fourth-order valence-electron chi connectivity index (χ4n) is 2.81. The lowest BCUT2D eigenvalue weighted by Crippen LogP contribution is -2.19. The van der Waals surface area contributed by atoms with Crippen molar-refractivity contribution in [3.63, 3.8) is 0 Å². The van der Waals surface area contributed by atoms with Crippen molar-refractivity contribution >= 4 is 49.4 Å². The average molecular weight is 503 g/mol. The molecule has 0 aliphatic heterocycles. The molecule has 142 valence electrons. The van der Waals surface area contributed by atoms with Crippen LogP contribution in [0.15, 0.2) is 69.6 Å². The van der Waals surface area contributed by atoms with E-state index in [1.54, 1.807) is 42.5 Å². The van der Waals surface area contributed by atoms with Crippen molar-refractivity contribution in [1.29, 1.82) is 0 Å². The van der Waals surface area contributed by atoms with E-state index in [0.29, 0.717) is 32.6 Å². The fraction of sp³-hybridized carbons (Fsp3) is 0.0909. The Hall–Kier alpha value is -2.44. The third-order valence-corrected chi connectivity index (χ3v) is 5.64. The predicted molar refractivity (Wildman–Crippen MR) is 117 cm³/mol. The monoisotopic (exact) mass is 501 g/mol. The van der Waals surface area contributed by atoms with Crippen molar-refractivity contribution in [1.82, 2.24) is 0 Å². The summed E-state index contributed by atoms with van der Waals surface area (Å²) in [6.45, 7) is 3.72. The van der Waals surface area contributed by atoms with Crippen molar-refractivity contribution < 1.29 is 14.3 Å². The van der Waals surface area contributed by atoms with Gasteiger partial charge in [0.2, 0.25) is 0 Å². The van der Waals surface area contributed by atoms with Gasteiger partial charge in [0.15, 0.2) is 0 Å². The molecular formula is C22H17Br2NO3. The van der Waals surface area contributed by atoms with Crippen molar-refractivity contribution in [3.8, 4) is 5.75 Å². The number of hydrogen-bond acceptors (Lipinski definition) is 3. The number of benzene rings is 3. The summed E-state index contributed by atoms with van der Waals surface area (Å²) < 4.78 is 6.94. The van der Waals surface area contributed by atoms with Gasteiger partial charge in [-0.1, -0.05) is 46.3 Å². The third kappa shape index (κ3) is 4.51. The molecule has 0 radical (unpaired) electrons. The van der Waals surface area contributed by atoms with Gasteiger partial charge in [-0.3, -0.25) is 4.79 Å². The van der Waals surface area contributed by atoms with Crippen LogP contribution in [0.25, 0.3) is 0 Å². The minimum atomic E-state index is -0.533. The molecule has 1 amide bonds. The zero-order chi connectivity index (χ0) is 20.3. The first-order valence-electron chi connectivity index (χ1n) is 8.50. The van der Waals surface area contributed by atoms with E-state index in [2.05, 4.69) is 37.2 Å². The average Bonchev–Trinajstić information content (AvgIpc) is 2.66. The van der Waals surface area contributed by atoms with E-state index in [9.17, 15) is 9.59 Å². The van der Waals surface area contributed by atoms with Crippen LogP contribution in [-0.2, 0) is 0 Å². The van der Waals surface area contributed by atoms with Crippen LogP contribution in [0.4, 0.5) is 5.69 Å². The number of amides is 1. The SMILES string of the molecule is Cc1cc(C)c(C(=O)Oc2ccccc2)c(NC(=O)c2cccc(Br)c2)c1Br. The number of para-hydroxylation sites is 1. The second-order valence-corrected chi connectivity index (χ2v) is 7.95. The van der Waals surface area contributed by atoms with E-state index in [1.165, 1.54) is 0 Å². The minimum Gasteiger partial charge on any atom is -0.423 e. The summed E-state index contributed by atoms with van der Waals surface area (Å²) >= 11 is 6.87. The molecule has 0 saturated heterocycles. The molecule has 0 atom stereocenters. The molecule has 0 aliphatic carbocycles. The molecule has 1 N–H and O–H groups in total. The Balaban J connectivity index is 2.00. The summed E-state index contributed by atoms with van der Waals surface area (Å²) in [5.74, 6) is -0.414. The lowest BCUT2D eigenvalue weighted by atomic mass is 10.0.